The zero-order valence-electron chi connectivity index (χ0n) is 12.5. The second-order valence-electron chi connectivity index (χ2n) is 6.47. The Bertz CT molecular complexity index is 321. The van der Waals surface area contributed by atoms with Crippen molar-refractivity contribution in [3.8, 4) is 6.07 Å². The van der Waals surface area contributed by atoms with Crippen molar-refractivity contribution in [3.63, 3.8) is 0 Å². The average Bonchev–Trinajstić information content (AvgIpc) is 3.14. The van der Waals surface area contributed by atoms with Crippen molar-refractivity contribution in [2.45, 2.75) is 70.4 Å². The van der Waals surface area contributed by atoms with Gasteiger partial charge in [-0.25, -0.2) is 0 Å². The fraction of sp³-hybridized carbons (Fsp3) is 0.938. The van der Waals surface area contributed by atoms with Gasteiger partial charge in [0, 0.05) is 6.04 Å². The van der Waals surface area contributed by atoms with Crippen molar-refractivity contribution in [2.75, 3.05) is 11.5 Å². The zero-order chi connectivity index (χ0) is 13.7. The number of nitrogens with zero attached hydrogens (tertiary/aromatic N) is 1. The number of thioether (sulfide) groups is 1. The quantitative estimate of drug-likeness (QED) is 0.683. The summed E-state index contributed by atoms with van der Waals surface area (Å²) in [6, 6.07) is 3.29. The van der Waals surface area contributed by atoms with E-state index in [1.54, 1.807) is 0 Å². The lowest BCUT2D eigenvalue weighted by atomic mass is 9.86. The van der Waals surface area contributed by atoms with Crippen LogP contribution in [0, 0.1) is 23.2 Å². The molecular formula is C16H28N2S. The first kappa shape index (κ1) is 15.2. The van der Waals surface area contributed by atoms with Crippen molar-refractivity contribution in [3.05, 3.63) is 0 Å². The van der Waals surface area contributed by atoms with Gasteiger partial charge in [0.05, 0.1) is 6.07 Å². The Kier molecular flexibility index (Phi) is 5.59. The van der Waals surface area contributed by atoms with Gasteiger partial charge in [0.25, 0.3) is 0 Å². The summed E-state index contributed by atoms with van der Waals surface area (Å²) in [6.07, 6.45) is 8.60. The van der Waals surface area contributed by atoms with Crippen molar-refractivity contribution < 1.29 is 0 Å². The first-order chi connectivity index (χ1) is 9.20. The second-order valence-corrected chi connectivity index (χ2v) is 7.62. The van der Waals surface area contributed by atoms with Gasteiger partial charge < -0.3 is 0 Å². The van der Waals surface area contributed by atoms with Crippen molar-refractivity contribution >= 4 is 11.8 Å². The van der Waals surface area contributed by atoms with Gasteiger partial charge in [-0.3, -0.25) is 5.32 Å². The van der Waals surface area contributed by atoms with E-state index < -0.39 is 0 Å². The van der Waals surface area contributed by atoms with E-state index in [9.17, 15) is 5.26 Å². The van der Waals surface area contributed by atoms with Crippen LogP contribution in [0.3, 0.4) is 0 Å². The molecule has 0 aromatic carbocycles. The predicted molar refractivity (Wildman–Crippen MR) is 83.2 cm³/mol. The fourth-order valence-electron chi connectivity index (χ4n) is 3.06. The van der Waals surface area contributed by atoms with E-state index in [0.717, 1.165) is 12.3 Å². The summed E-state index contributed by atoms with van der Waals surface area (Å²) in [7, 11) is 0. The highest BCUT2D eigenvalue weighted by atomic mass is 32.2. The second kappa shape index (κ2) is 6.99. The van der Waals surface area contributed by atoms with Gasteiger partial charge >= 0.3 is 0 Å². The van der Waals surface area contributed by atoms with Gasteiger partial charge in [-0.2, -0.15) is 17.0 Å². The highest BCUT2D eigenvalue weighted by Gasteiger charge is 2.45. The molecule has 3 atom stereocenters. The van der Waals surface area contributed by atoms with Crippen molar-refractivity contribution in [2.24, 2.45) is 11.8 Å². The maximum Gasteiger partial charge on any atom is 0.109 e. The van der Waals surface area contributed by atoms with Gasteiger partial charge in [0.15, 0.2) is 0 Å². The normalized spacial score (nSPS) is 32.2. The average molecular weight is 280 g/mol. The fourth-order valence-corrected chi connectivity index (χ4v) is 4.31. The van der Waals surface area contributed by atoms with Crippen molar-refractivity contribution in [1.82, 2.24) is 5.32 Å². The molecule has 0 radical (unpaired) electrons. The summed E-state index contributed by atoms with van der Waals surface area (Å²) in [5, 5.41) is 13.3. The van der Waals surface area contributed by atoms with E-state index in [1.807, 2.05) is 0 Å². The Morgan fingerprint density at radius 1 is 1.42 bits per heavy atom. The molecule has 0 aliphatic heterocycles. The number of nitriles is 1. The molecule has 108 valence electrons. The first-order valence-electron chi connectivity index (χ1n) is 7.97. The van der Waals surface area contributed by atoms with E-state index in [4.69, 9.17) is 0 Å². The number of hydrogen-bond donors (Lipinski definition) is 1. The third kappa shape index (κ3) is 4.13. The van der Waals surface area contributed by atoms with Crippen LogP contribution in [-0.2, 0) is 0 Å². The van der Waals surface area contributed by atoms with Crippen molar-refractivity contribution in [1.29, 1.82) is 5.26 Å². The zero-order valence-corrected chi connectivity index (χ0v) is 13.3. The van der Waals surface area contributed by atoms with Gasteiger partial charge in [0.2, 0.25) is 0 Å². The van der Waals surface area contributed by atoms with Crippen LogP contribution < -0.4 is 5.32 Å². The SMILES string of the molecule is CCC(C)CSCCC1CCCC1(C#N)NC1CC1. The highest BCUT2D eigenvalue weighted by Crippen LogP contribution is 2.40. The third-order valence-corrected chi connectivity index (χ3v) is 6.10. The molecule has 2 saturated carbocycles. The van der Waals surface area contributed by atoms with Gasteiger partial charge in [-0.15, -0.1) is 0 Å². The molecule has 3 heteroatoms. The Labute approximate surface area is 122 Å². The summed E-state index contributed by atoms with van der Waals surface area (Å²) in [5.41, 5.74) is -0.182. The summed E-state index contributed by atoms with van der Waals surface area (Å²) in [5.74, 6) is 3.92. The Balaban J connectivity index is 1.76. The molecule has 0 amide bonds. The van der Waals surface area contributed by atoms with Crippen LogP contribution in [0.4, 0.5) is 0 Å². The molecule has 0 spiro atoms. The molecule has 2 aliphatic rings. The Hall–Kier alpha value is -0.200. The minimum atomic E-state index is -0.182. The maximum absolute atomic E-state index is 9.63. The molecule has 0 aromatic rings. The van der Waals surface area contributed by atoms with E-state index in [2.05, 4.69) is 37.0 Å². The van der Waals surface area contributed by atoms with E-state index >= 15 is 0 Å². The summed E-state index contributed by atoms with van der Waals surface area (Å²) in [6.45, 7) is 4.60. The monoisotopic (exact) mass is 280 g/mol. The summed E-state index contributed by atoms with van der Waals surface area (Å²) in [4.78, 5) is 0. The van der Waals surface area contributed by atoms with Crippen LogP contribution in [0.15, 0.2) is 0 Å². The van der Waals surface area contributed by atoms with Crippen LogP contribution in [0.25, 0.3) is 0 Å². The molecular weight excluding hydrogens is 252 g/mol. The molecule has 19 heavy (non-hydrogen) atoms. The Morgan fingerprint density at radius 2 is 2.21 bits per heavy atom. The molecule has 2 aliphatic carbocycles. The molecule has 2 nitrogen and oxygen atoms in total. The first-order valence-corrected chi connectivity index (χ1v) is 9.12. The minimum absolute atomic E-state index is 0.182. The molecule has 1 N–H and O–H groups in total. The highest BCUT2D eigenvalue weighted by molar-refractivity contribution is 7.99. The number of hydrogen-bond acceptors (Lipinski definition) is 3. The molecule has 2 rings (SSSR count). The van der Waals surface area contributed by atoms with Crippen LogP contribution in [0.2, 0.25) is 0 Å². The molecule has 0 saturated heterocycles. The summed E-state index contributed by atoms with van der Waals surface area (Å²) < 4.78 is 0. The van der Waals surface area contributed by atoms with E-state index in [0.29, 0.717) is 12.0 Å². The van der Waals surface area contributed by atoms with E-state index in [1.165, 1.54) is 50.0 Å². The lowest BCUT2D eigenvalue weighted by Gasteiger charge is -2.30. The van der Waals surface area contributed by atoms with Gasteiger partial charge in [-0.1, -0.05) is 26.7 Å². The van der Waals surface area contributed by atoms with Crippen LogP contribution >= 0.6 is 11.8 Å². The van der Waals surface area contributed by atoms with E-state index in [-0.39, 0.29) is 5.54 Å². The molecule has 3 unspecified atom stereocenters. The maximum atomic E-state index is 9.63. The molecule has 0 bridgehead atoms. The number of nitrogens with one attached hydrogen (secondary N) is 1. The van der Waals surface area contributed by atoms with Crippen LogP contribution in [0.1, 0.15) is 58.8 Å². The predicted octanol–water partition coefficient (Wildman–Crippen LogP) is 3.97. The largest absolute Gasteiger partial charge is 0.296 e. The van der Waals surface area contributed by atoms with Gasteiger partial charge in [0.1, 0.15) is 5.54 Å². The standard InChI is InChI=1S/C16H28N2S/c1-3-13(2)11-19-10-8-14-5-4-9-16(14,12-17)18-15-6-7-15/h13-15,18H,3-11H2,1-2H3. The Morgan fingerprint density at radius 3 is 2.84 bits per heavy atom. The minimum Gasteiger partial charge on any atom is -0.296 e. The molecule has 0 aromatic heterocycles. The van der Waals surface area contributed by atoms with Gasteiger partial charge in [-0.05, 0) is 55.4 Å². The molecule has 0 heterocycles. The van der Waals surface area contributed by atoms with Crippen LogP contribution in [-0.4, -0.2) is 23.1 Å². The van der Waals surface area contributed by atoms with Crippen LogP contribution in [0.5, 0.6) is 0 Å². The lowest BCUT2D eigenvalue weighted by molar-refractivity contribution is 0.308. The third-order valence-electron chi connectivity index (χ3n) is 4.77. The lowest BCUT2D eigenvalue weighted by Crippen LogP contribution is -2.48. The number of rotatable bonds is 8. The summed E-state index contributed by atoms with van der Waals surface area (Å²) >= 11 is 2.08. The smallest absolute Gasteiger partial charge is 0.109 e. The molecule has 2 fully saturated rings. The topological polar surface area (TPSA) is 35.8 Å².